The standard InChI is InChI=1S/C24H31N3O5/c1-14(2)12-15(13-28)26-21(29)17-9-6-7-11-24(17,23(25)32)19-16-8-4-5-10-18(16)27(3)20(19)22(30)31/h4-5,8,10,13-15,17H,6-7,9,11-12H2,1-3H3,(H2,25,32)(H,26,29)(H,30,31)/t15-,17+,24+/m1/s1. The number of para-hydroxylation sites is 1. The molecule has 1 aliphatic carbocycles. The number of benzene rings is 1. The van der Waals surface area contributed by atoms with Gasteiger partial charge in [0.25, 0.3) is 0 Å². The second kappa shape index (κ2) is 9.14. The van der Waals surface area contributed by atoms with Gasteiger partial charge in [0.2, 0.25) is 11.8 Å². The number of primary amides is 1. The molecule has 0 unspecified atom stereocenters. The van der Waals surface area contributed by atoms with Crippen LogP contribution in [0.15, 0.2) is 24.3 Å². The molecule has 0 saturated heterocycles. The van der Waals surface area contributed by atoms with Gasteiger partial charge in [0.05, 0.1) is 17.4 Å². The van der Waals surface area contributed by atoms with Crippen LogP contribution >= 0.6 is 0 Å². The smallest absolute Gasteiger partial charge is 0.352 e. The predicted octanol–water partition coefficient (Wildman–Crippen LogP) is 2.52. The first-order valence-corrected chi connectivity index (χ1v) is 11.0. The first kappa shape index (κ1) is 23.5. The average molecular weight is 442 g/mol. The van der Waals surface area contributed by atoms with Gasteiger partial charge in [-0.25, -0.2) is 4.79 Å². The molecular weight excluding hydrogens is 410 g/mol. The van der Waals surface area contributed by atoms with E-state index in [0.29, 0.717) is 48.4 Å². The molecule has 1 aromatic heterocycles. The topological polar surface area (TPSA) is 131 Å². The number of carboxylic acid groups (broad SMARTS) is 1. The zero-order valence-electron chi connectivity index (χ0n) is 18.8. The summed E-state index contributed by atoms with van der Waals surface area (Å²) in [6.45, 7) is 3.90. The lowest BCUT2D eigenvalue weighted by Crippen LogP contribution is -2.56. The molecule has 172 valence electrons. The van der Waals surface area contributed by atoms with E-state index in [1.165, 1.54) is 4.57 Å². The molecule has 0 bridgehead atoms. The van der Waals surface area contributed by atoms with Gasteiger partial charge < -0.3 is 25.5 Å². The summed E-state index contributed by atoms with van der Waals surface area (Å²) in [5.74, 6) is -3.02. The first-order valence-electron chi connectivity index (χ1n) is 11.0. The number of carboxylic acids is 1. The Kier molecular flexibility index (Phi) is 6.71. The molecule has 32 heavy (non-hydrogen) atoms. The molecule has 1 aliphatic rings. The number of carbonyl (C=O) groups excluding carboxylic acids is 3. The van der Waals surface area contributed by atoms with Crippen LogP contribution < -0.4 is 11.1 Å². The van der Waals surface area contributed by atoms with Crippen LogP contribution in [0.5, 0.6) is 0 Å². The van der Waals surface area contributed by atoms with Gasteiger partial charge in [-0.1, -0.05) is 44.9 Å². The van der Waals surface area contributed by atoms with Gasteiger partial charge in [-0.2, -0.15) is 0 Å². The van der Waals surface area contributed by atoms with E-state index in [1.54, 1.807) is 31.3 Å². The summed E-state index contributed by atoms with van der Waals surface area (Å²) >= 11 is 0. The molecule has 0 aliphatic heterocycles. The zero-order valence-corrected chi connectivity index (χ0v) is 18.8. The highest BCUT2D eigenvalue weighted by molar-refractivity contribution is 6.06. The van der Waals surface area contributed by atoms with Crippen molar-refractivity contribution in [3.63, 3.8) is 0 Å². The van der Waals surface area contributed by atoms with Gasteiger partial charge in [-0.05, 0) is 31.2 Å². The number of aldehydes is 1. The number of aromatic nitrogens is 1. The molecule has 1 fully saturated rings. The summed E-state index contributed by atoms with van der Waals surface area (Å²) in [5.41, 5.74) is 5.40. The van der Waals surface area contributed by atoms with Crippen LogP contribution in [0.2, 0.25) is 0 Å². The van der Waals surface area contributed by atoms with Gasteiger partial charge in [0.1, 0.15) is 12.0 Å². The Hall–Kier alpha value is -3.16. The van der Waals surface area contributed by atoms with Crippen molar-refractivity contribution < 1.29 is 24.3 Å². The average Bonchev–Trinajstić information content (AvgIpc) is 3.05. The summed E-state index contributed by atoms with van der Waals surface area (Å²) in [7, 11) is 1.63. The number of hydrogen-bond donors (Lipinski definition) is 3. The molecule has 2 aromatic rings. The number of aryl methyl sites for hydroxylation is 1. The van der Waals surface area contributed by atoms with E-state index in [0.717, 1.165) is 0 Å². The predicted molar refractivity (Wildman–Crippen MR) is 120 cm³/mol. The van der Waals surface area contributed by atoms with Crippen molar-refractivity contribution in [2.24, 2.45) is 24.6 Å². The number of nitrogens with one attached hydrogen (secondary N) is 1. The third-order valence-electron chi connectivity index (χ3n) is 6.64. The van der Waals surface area contributed by atoms with Gasteiger partial charge in [-0.3, -0.25) is 9.59 Å². The van der Waals surface area contributed by atoms with Crippen LogP contribution in [-0.2, 0) is 26.8 Å². The zero-order chi connectivity index (χ0) is 23.6. The lowest BCUT2D eigenvalue weighted by Gasteiger charge is -2.41. The van der Waals surface area contributed by atoms with Crippen molar-refractivity contribution in [1.29, 1.82) is 0 Å². The normalized spacial score (nSPS) is 21.9. The monoisotopic (exact) mass is 441 g/mol. The minimum absolute atomic E-state index is 0.0428. The fourth-order valence-corrected chi connectivity index (χ4v) is 5.28. The van der Waals surface area contributed by atoms with E-state index in [-0.39, 0.29) is 18.0 Å². The van der Waals surface area contributed by atoms with Crippen LogP contribution in [0, 0.1) is 11.8 Å². The summed E-state index contributed by atoms with van der Waals surface area (Å²) in [6, 6.07) is 6.43. The van der Waals surface area contributed by atoms with E-state index in [1.807, 2.05) is 13.8 Å². The van der Waals surface area contributed by atoms with Crippen molar-refractivity contribution in [2.45, 2.75) is 57.4 Å². The Labute approximate surface area is 187 Å². The van der Waals surface area contributed by atoms with Gasteiger partial charge in [0.15, 0.2) is 0 Å². The van der Waals surface area contributed by atoms with Crippen LogP contribution in [0.3, 0.4) is 0 Å². The van der Waals surface area contributed by atoms with Gasteiger partial charge in [0, 0.05) is 23.5 Å². The number of nitrogens with two attached hydrogens (primary N) is 1. The third kappa shape index (κ3) is 3.89. The van der Waals surface area contributed by atoms with E-state index < -0.39 is 35.2 Å². The van der Waals surface area contributed by atoms with Gasteiger partial charge >= 0.3 is 5.97 Å². The SMILES string of the molecule is CC(C)C[C@H](C=O)NC(=O)[C@@H]1CCCC[C@@]1(C(N)=O)c1c(C(=O)O)n(C)c2ccccc12. The van der Waals surface area contributed by atoms with E-state index >= 15 is 0 Å². The number of nitrogens with zero attached hydrogens (tertiary/aromatic N) is 1. The van der Waals surface area contributed by atoms with E-state index in [9.17, 15) is 24.3 Å². The fourth-order valence-electron chi connectivity index (χ4n) is 5.28. The summed E-state index contributed by atoms with van der Waals surface area (Å²) in [6.07, 6.45) is 3.16. The molecule has 8 heteroatoms. The third-order valence-corrected chi connectivity index (χ3v) is 6.64. The minimum atomic E-state index is -1.48. The molecule has 3 rings (SSSR count). The first-order chi connectivity index (χ1) is 15.1. The number of amides is 2. The van der Waals surface area contributed by atoms with Crippen molar-refractivity contribution in [2.75, 3.05) is 0 Å². The lowest BCUT2D eigenvalue weighted by atomic mass is 9.60. The number of aromatic carboxylic acids is 1. The van der Waals surface area contributed by atoms with E-state index in [4.69, 9.17) is 5.73 Å². The Bertz CT molecular complexity index is 1060. The highest BCUT2D eigenvalue weighted by atomic mass is 16.4. The molecule has 0 spiro atoms. The van der Waals surface area contributed by atoms with Crippen molar-refractivity contribution in [3.8, 4) is 0 Å². The molecule has 2 amide bonds. The Balaban J connectivity index is 2.21. The fraction of sp³-hybridized carbons (Fsp3) is 0.500. The van der Waals surface area contributed by atoms with E-state index in [2.05, 4.69) is 5.32 Å². The maximum atomic E-state index is 13.4. The second-order valence-electron chi connectivity index (χ2n) is 9.12. The molecular formula is C24H31N3O5. The number of rotatable bonds is 8. The largest absolute Gasteiger partial charge is 0.477 e. The second-order valence-corrected chi connectivity index (χ2v) is 9.12. The van der Waals surface area contributed by atoms with Crippen molar-refractivity contribution >= 4 is 35.0 Å². The maximum absolute atomic E-state index is 13.4. The van der Waals surface area contributed by atoms with Crippen LogP contribution in [0.1, 0.15) is 62.0 Å². The van der Waals surface area contributed by atoms with Gasteiger partial charge in [-0.15, -0.1) is 0 Å². The molecule has 4 N–H and O–H groups in total. The maximum Gasteiger partial charge on any atom is 0.352 e. The summed E-state index contributed by atoms with van der Waals surface area (Å²) < 4.78 is 1.54. The quantitative estimate of drug-likeness (QED) is 0.542. The van der Waals surface area contributed by atoms with Crippen LogP contribution in [-0.4, -0.2) is 39.8 Å². The summed E-state index contributed by atoms with van der Waals surface area (Å²) in [4.78, 5) is 50.4. The highest BCUT2D eigenvalue weighted by Crippen LogP contribution is 2.48. The van der Waals surface area contributed by atoms with Crippen LogP contribution in [0.4, 0.5) is 0 Å². The molecule has 1 saturated carbocycles. The molecule has 3 atom stereocenters. The van der Waals surface area contributed by atoms with Crippen molar-refractivity contribution in [3.05, 3.63) is 35.5 Å². The summed E-state index contributed by atoms with van der Waals surface area (Å²) in [5, 5.41) is 13.4. The van der Waals surface area contributed by atoms with Crippen molar-refractivity contribution in [1.82, 2.24) is 9.88 Å². The Morgan fingerprint density at radius 1 is 1.28 bits per heavy atom. The Morgan fingerprint density at radius 3 is 2.56 bits per heavy atom. The lowest BCUT2D eigenvalue weighted by molar-refractivity contribution is -0.138. The number of carbonyl (C=O) groups is 4. The number of hydrogen-bond acceptors (Lipinski definition) is 4. The van der Waals surface area contributed by atoms with Crippen LogP contribution in [0.25, 0.3) is 10.9 Å². The highest BCUT2D eigenvalue weighted by Gasteiger charge is 2.54. The molecule has 1 heterocycles. The molecule has 0 radical (unpaired) electrons. The number of fused-ring (bicyclic) bond motifs is 1. The Morgan fingerprint density at radius 2 is 1.97 bits per heavy atom. The molecule has 8 nitrogen and oxygen atoms in total. The molecule has 1 aromatic carbocycles. The minimum Gasteiger partial charge on any atom is -0.477 e.